The van der Waals surface area contributed by atoms with Crippen LogP contribution >= 0.6 is 0 Å². The average Bonchev–Trinajstić information content (AvgIpc) is 2.89. The van der Waals surface area contributed by atoms with Crippen LogP contribution in [-0.2, 0) is 24.3 Å². The Morgan fingerprint density at radius 2 is 1.33 bits per heavy atom. The van der Waals surface area contributed by atoms with Crippen LogP contribution in [0.2, 0.25) is 0 Å². The summed E-state index contributed by atoms with van der Waals surface area (Å²) >= 11 is 0. The van der Waals surface area contributed by atoms with Crippen LogP contribution in [0.25, 0.3) is 6.08 Å². The molecule has 0 radical (unpaired) electrons. The van der Waals surface area contributed by atoms with Crippen LogP contribution in [0, 0.1) is 5.92 Å². The monoisotopic (exact) mass is 506 g/mol. The molecule has 0 bridgehead atoms. The summed E-state index contributed by atoms with van der Waals surface area (Å²) < 4.78 is 32.6. The lowest BCUT2D eigenvalue weighted by molar-refractivity contribution is -0.151. The molecule has 188 valence electrons. The fraction of sp³-hybridized carbons (Fsp3) is 0.214. The molecule has 0 spiro atoms. The Morgan fingerprint density at radius 1 is 0.833 bits per heavy atom. The molecule has 0 aromatic heterocycles. The largest absolute Gasteiger partial charge is 0.454 e. The number of rotatable bonds is 11. The second-order valence-corrected chi connectivity index (χ2v) is 10.1. The van der Waals surface area contributed by atoms with Crippen molar-refractivity contribution in [3.63, 3.8) is 0 Å². The standard InChI is InChI=1S/C28H30N2O5S/c1-21(2)26(30-36(33,34)19-18-22-12-6-3-7-13-22)28(32)35-20-25(31)29-27(23-14-8-4-9-15-23)24-16-10-5-11-17-24/h3-19,21,26-27,30H,20H2,1-2H3,(H,29,31). The van der Waals surface area contributed by atoms with Crippen LogP contribution in [0.15, 0.2) is 96.4 Å². The number of benzene rings is 3. The first-order chi connectivity index (χ1) is 17.2. The Balaban J connectivity index is 1.63. The van der Waals surface area contributed by atoms with Gasteiger partial charge in [-0.05, 0) is 28.7 Å². The summed E-state index contributed by atoms with van der Waals surface area (Å²) in [7, 11) is -3.93. The van der Waals surface area contributed by atoms with Gasteiger partial charge < -0.3 is 10.1 Å². The lowest BCUT2D eigenvalue weighted by Crippen LogP contribution is -2.45. The molecular weight excluding hydrogens is 476 g/mol. The van der Waals surface area contributed by atoms with Crippen LogP contribution in [0.4, 0.5) is 0 Å². The van der Waals surface area contributed by atoms with Crippen molar-refractivity contribution in [3.8, 4) is 0 Å². The summed E-state index contributed by atoms with van der Waals surface area (Å²) in [5, 5.41) is 3.90. The highest BCUT2D eigenvalue weighted by Gasteiger charge is 2.28. The third-order valence-electron chi connectivity index (χ3n) is 5.37. The quantitative estimate of drug-likeness (QED) is 0.382. The number of carbonyl (C=O) groups excluding carboxylic acids is 2. The smallest absolute Gasteiger partial charge is 0.324 e. The number of sulfonamides is 1. The van der Waals surface area contributed by atoms with Crippen LogP contribution in [0.5, 0.6) is 0 Å². The van der Waals surface area contributed by atoms with Gasteiger partial charge in [-0.1, -0.05) is 105 Å². The number of esters is 1. The number of carbonyl (C=O) groups is 2. The van der Waals surface area contributed by atoms with E-state index in [9.17, 15) is 18.0 Å². The van der Waals surface area contributed by atoms with Crippen molar-refractivity contribution in [1.82, 2.24) is 10.0 Å². The van der Waals surface area contributed by atoms with Crippen LogP contribution in [0.3, 0.4) is 0 Å². The van der Waals surface area contributed by atoms with Crippen molar-refractivity contribution in [2.24, 2.45) is 5.92 Å². The second-order valence-electron chi connectivity index (χ2n) is 8.53. The summed E-state index contributed by atoms with van der Waals surface area (Å²) in [6.45, 7) is 2.84. The molecule has 8 heteroatoms. The van der Waals surface area contributed by atoms with Crippen molar-refractivity contribution >= 4 is 28.0 Å². The molecule has 0 aliphatic rings. The number of ether oxygens (including phenoxy) is 1. The molecule has 0 saturated carbocycles. The molecule has 36 heavy (non-hydrogen) atoms. The highest BCUT2D eigenvalue weighted by molar-refractivity contribution is 7.92. The van der Waals surface area contributed by atoms with Gasteiger partial charge in [0.05, 0.1) is 6.04 Å². The van der Waals surface area contributed by atoms with Crippen LogP contribution < -0.4 is 10.0 Å². The Bertz CT molecular complexity index is 1220. The number of amides is 1. The molecule has 1 atom stereocenters. The van der Waals surface area contributed by atoms with Gasteiger partial charge in [-0.3, -0.25) is 9.59 Å². The fourth-order valence-electron chi connectivity index (χ4n) is 3.48. The minimum atomic E-state index is -3.93. The molecule has 3 aromatic rings. The third kappa shape index (κ3) is 8.18. The summed E-state index contributed by atoms with van der Waals surface area (Å²) in [5.41, 5.74) is 2.46. The van der Waals surface area contributed by atoms with E-state index in [2.05, 4.69) is 10.0 Å². The van der Waals surface area contributed by atoms with E-state index in [1.54, 1.807) is 38.1 Å². The Hall–Kier alpha value is -3.75. The first-order valence-electron chi connectivity index (χ1n) is 11.6. The minimum absolute atomic E-state index is 0.401. The maximum Gasteiger partial charge on any atom is 0.324 e. The lowest BCUT2D eigenvalue weighted by atomic mass is 9.99. The SMILES string of the molecule is CC(C)C(NS(=O)(=O)C=Cc1ccccc1)C(=O)OCC(=O)NC(c1ccccc1)c1ccccc1. The zero-order valence-electron chi connectivity index (χ0n) is 20.2. The van der Waals surface area contributed by atoms with Gasteiger partial charge >= 0.3 is 5.97 Å². The van der Waals surface area contributed by atoms with E-state index in [1.807, 2.05) is 66.7 Å². The predicted molar refractivity (Wildman–Crippen MR) is 140 cm³/mol. The maximum atomic E-state index is 12.7. The fourth-order valence-corrected chi connectivity index (χ4v) is 4.62. The van der Waals surface area contributed by atoms with E-state index in [0.29, 0.717) is 5.56 Å². The van der Waals surface area contributed by atoms with Gasteiger partial charge in [0.25, 0.3) is 5.91 Å². The molecule has 0 aliphatic carbocycles. The van der Waals surface area contributed by atoms with Gasteiger partial charge in [0, 0.05) is 5.41 Å². The normalized spacial score (nSPS) is 12.6. The molecule has 0 aliphatic heterocycles. The Morgan fingerprint density at radius 3 is 1.83 bits per heavy atom. The number of hydrogen-bond acceptors (Lipinski definition) is 5. The molecule has 0 fully saturated rings. The highest BCUT2D eigenvalue weighted by Crippen LogP contribution is 2.21. The van der Waals surface area contributed by atoms with Gasteiger partial charge in [-0.15, -0.1) is 0 Å². The highest BCUT2D eigenvalue weighted by atomic mass is 32.2. The maximum absolute atomic E-state index is 12.7. The molecule has 3 rings (SSSR count). The van der Waals surface area contributed by atoms with E-state index in [0.717, 1.165) is 16.5 Å². The summed E-state index contributed by atoms with van der Waals surface area (Å²) in [6.07, 6.45) is 1.44. The molecule has 2 N–H and O–H groups in total. The molecule has 1 amide bonds. The van der Waals surface area contributed by atoms with Crippen LogP contribution in [-0.4, -0.2) is 32.9 Å². The van der Waals surface area contributed by atoms with Crippen molar-refractivity contribution < 1.29 is 22.7 Å². The molecule has 0 saturated heterocycles. The van der Waals surface area contributed by atoms with Crippen molar-refractivity contribution in [2.45, 2.75) is 25.9 Å². The van der Waals surface area contributed by atoms with E-state index < -0.39 is 46.5 Å². The summed E-state index contributed by atoms with van der Waals surface area (Å²) in [5.74, 6) is -1.73. The summed E-state index contributed by atoms with van der Waals surface area (Å²) in [4.78, 5) is 25.4. The second kappa shape index (κ2) is 12.8. The Labute approximate surface area is 212 Å². The predicted octanol–water partition coefficient (Wildman–Crippen LogP) is 4.05. The van der Waals surface area contributed by atoms with E-state index >= 15 is 0 Å². The molecule has 0 heterocycles. The zero-order valence-corrected chi connectivity index (χ0v) is 21.0. The van der Waals surface area contributed by atoms with Gasteiger partial charge in [-0.2, -0.15) is 4.72 Å². The third-order valence-corrected chi connectivity index (χ3v) is 6.44. The molecule has 1 unspecified atom stereocenters. The van der Waals surface area contributed by atoms with E-state index in [-0.39, 0.29) is 0 Å². The first-order valence-corrected chi connectivity index (χ1v) is 13.1. The van der Waals surface area contributed by atoms with Crippen molar-refractivity contribution in [3.05, 3.63) is 113 Å². The molecule has 3 aromatic carbocycles. The van der Waals surface area contributed by atoms with Gasteiger partial charge in [0.2, 0.25) is 10.0 Å². The average molecular weight is 507 g/mol. The van der Waals surface area contributed by atoms with E-state index in [1.165, 1.54) is 6.08 Å². The topological polar surface area (TPSA) is 102 Å². The van der Waals surface area contributed by atoms with Gasteiger partial charge in [-0.25, -0.2) is 8.42 Å². The molecular formula is C28H30N2O5S. The van der Waals surface area contributed by atoms with Crippen molar-refractivity contribution in [2.75, 3.05) is 6.61 Å². The first kappa shape index (κ1) is 26.8. The van der Waals surface area contributed by atoms with Crippen LogP contribution in [0.1, 0.15) is 36.6 Å². The van der Waals surface area contributed by atoms with E-state index in [4.69, 9.17) is 4.74 Å². The molecule has 7 nitrogen and oxygen atoms in total. The zero-order chi connectivity index (χ0) is 26.0. The number of hydrogen-bond donors (Lipinski definition) is 2. The Kier molecular flexibility index (Phi) is 9.55. The summed E-state index contributed by atoms with van der Waals surface area (Å²) in [6, 6.07) is 26.2. The van der Waals surface area contributed by atoms with Gasteiger partial charge in [0.1, 0.15) is 6.04 Å². The number of nitrogens with one attached hydrogen (secondary N) is 2. The van der Waals surface area contributed by atoms with Gasteiger partial charge in [0.15, 0.2) is 6.61 Å². The minimum Gasteiger partial charge on any atom is -0.454 e. The lowest BCUT2D eigenvalue weighted by Gasteiger charge is -2.22. The van der Waals surface area contributed by atoms with Crippen molar-refractivity contribution in [1.29, 1.82) is 0 Å².